The highest BCUT2D eigenvalue weighted by molar-refractivity contribution is 6.18. The van der Waals surface area contributed by atoms with E-state index in [1.807, 2.05) is 30.3 Å². The Kier molecular flexibility index (Phi) is 8.21. The number of esters is 1. The minimum absolute atomic E-state index is 0.0846. The number of benzene rings is 1. The number of carbonyl (C=O) groups excluding carboxylic acids is 1. The van der Waals surface area contributed by atoms with Gasteiger partial charge < -0.3 is 14.2 Å². The van der Waals surface area contributed by atoms with Gasteiger partial charge >= 0.3 is 5.97 Å². The molecule has 4 nitrogen and oxygen atoms in total. The number of halogens is 1. The van der Waals surface area contributed by atoms with Gasteiger partial charge in [0.15, 0.2) is 6.79 Å². The summed E-state index contributed by atoms with van der Waals surface area (Å²) in [7, 11) is 0. The zero-order chi connectivity index (χ0) is 13.9. The SMILES string of the molecule is CCC(=O)OCOC(CCl)COCc1ccccc1. The van der Waals surface area contributed by atoms with Crippen LogP contribution >= 0.6 is 11.6 Å². The first-order valence-corrected chi connectivity index (χ1v) is 6.74. The topological polar surface area (TPSA) is 44.8 Å². The lowest BCUT2D eigenvalue weighted by atomic mass is 10.2. The molecule has 0 aliphatic rings. The van der Waals surface area contributed by atoms with Crippen LogP contribution in [0.2, 0.25) is 0 Å². The van der Waals surface area contributed by atoms with Crippen LogP contribution in [0, 0.1) is 0 Å². The van der Waals surface area contributed by atoms with Crippen molar-refractivity contribution in [1.82, 2.24) is 0 Å². The summed E-state index contributed by atoms with van der Waals surface area (Å²) in [4.78, 5) is 10.9. The van der Waals surface area contributed by atoms with E-state index in [1.54, 1.807) is 6.92 Å². The molecule has 0 bridgehead atoms. The van der Waals surface area contributed by atoms with E-state index in [9.17, 15) is 4.79 Å². The molecule has 0 N–H and O–H groups in total. The maximum Gasteiger partial charge on any atom is 0.307 e. The third-order valence-electron chi connectivity index (χ3n) is 2.40. The predicted molar refractivity (Wildman–Crippen MR) is 72.9 cm³/mol. The first kappa shape index (κ1) is 16.0. The Morgan fingerprint density at radius 3 is 2.68 bits per heavy atom. The Bertz CT molecular complexity index is 356. The summed E-state index contributed by atoms with van der Waals surface area (Å²) >= 11 is 5.75. The van der Waals surface area contributed by atoms with Gasteiger partial charge in [-0.25, -0.2) is 0 Å². The Labute approximate surface area is 118 Å². The van der Waals surface area contributed by atoms with E-state index in [2.05, 4.69) is 0 Å². The Morgan fingerprint density at radius 2 is 2.05 bits per heavy atom. The summed E-state index contributed by atoms with van der Waals surface area (Å²) in [6.45, 7) is 2.51. The van der Waals surface area contributed by atoms with Gasteiger partial charge in [-0.1, -0.05) is 37.3 Å². The third-order valence-corrected chi connectivity index (χ3v) is 2.74. The molecule has 19 heavy (non-hydrogen) atoms. The summed E-state index contributed by atoms with van der Waals surface area (Å²) in [6.07, 6.45) is 0.0504. The molecule has 0 heterocycles. The van der Waals surface area contributed by atoms with E-state index in [0.717, 1.165) is 5.56 Å². The zero-order valence-corrected chi connectivity index (χ0v) is 11.8. The summed E-state index contributed by atoms with van der Waals surface area (Å²) < 4.78 is 15.6. The van der Waals surface area contributed by atoms with Crippen LogP contribution in [0.3, 0.4) is 0 Å². The molecule has 0 aromatic heterocycles. The van der Waals surface area contributed by atoms with Gasteiger partial charge in [0.25, 0.3) is 0 Å². The van der Waals surface area contributed by atoms with E-state index in [4.69, 9.17) is 25.8 Å². The lowest BCUT2D eigenvalue weighted by Gasteiger charge is -2.15. The minimum atomic E-state index is -0.293. The molecular formula is C14H19ClO4. The summed E-state index contributed by atoms with van der Waals surface area (Å²) in [5, 5.41) is 0. The second kappa shape index (κ2) is 9.78. The van der Waals surface area contributed by atoms with Crippen molar-refractivity contribution < 1.29 is 19.0 Å². The van der Waals surface area contributed by atoms with Crippen LogP contribution in [0.4, 0.5) is 0 Å². The molecule has 1 unspecified atom stereocenters. The largest absolute Gasteiger partial charge is 0.438 e. The molecular weight excluding hydrogens is 268 g/mol. The van der Waals surface area contributed by atoms with Crippen LogP contribution in [0.1, 0.15) is 18.9 Å². The van der Waals surface area contributed by atoms with Crippen molar-refractivity contribution in [3.05, 3.63) is 35.9 Å². The zero-order valence-electron chi connectivity index (χ0n) is 11.0. The minimum Gasteiger partial charge on any atom is -0.438 e. The smallest absolute Gasteiger partial charge is 0.307 e. The van der Waals surface area contributed by atoms with Crippen LogP contribution in [0.5, 0.6) is 0 Å². The average molecular weight is 287 g/mol. The van der Waals surface area contributed by atoms with E-state index in [1.165, 1.54) is 0 Å². The summed E-state index contributed by atoms with van der Waals surface area (Å²) in [5.74, 6) is -0.00289. The fraction of sp³-hybridized carbons (Fsp3) is 0.500. The van der Waals surface area contributed by atoms with Crippen molar-refractivity contribution in [3.8, 4) is 0 Å². The van der Waals surface area contributed by atoms with Gasteiger partial charge in [-0.15, -0.1) is 11.6 Å². The highest BCUT2D eigenvalue weighted by atomic mass is 35.5. The van der Waals surface area contributed by atoms with Gasteiger partial charge in [-0.05, 0) is 5.56 Å². The highest BCUT2D eigenvalue weighted by Crippen LogP contribution is 2.03. The number of carbonyl (C=O) groups is 1. The van der Waals surface area contributed by atoms with Crippen molar-refractivity contribution in [3.63, 3.8) is 0 Å². The molecule has 0 aliphatic heterocycles. The molecule has 1 atom stereocenters. The Morgan fingerprint density at radius 1 is 1.32 bits per heavy atom. The number of alkyl halides is 1. The van der Waals surface area contributed by atoms with Crippen molar-refractivity contribution in [1.29, 1.82) is 0 Å². The van der Waals surface area contributed by atoms with Crippen LogP contribution in [0.15, 0.2) is 30.3 Å². The molecule has 0 spiro atoms. The lowest BCUT2D eigenvalue weighted by molar-refractivity contribution is -0.162. The molecule has 1 aromatic rings. The molecule has 0 aliphatic carbocycles. The molecule has 5 heteroatoms. The number of rotatable bonds is 9. The standard InChI is InChI=1S/C14H19ClO4/c1-2-14(16)19-11-18-13(8-15)10-17-9-12-6-4-3-5-7-12/h3-7,13H,2,8-11H2,1H3. The maximum absolute atomic E-state index is 10.9. The quantitative estimate of drug-likeness (QED) is 0.398. The van der Waals surface area contributed by atoms with Crippen LogP contribution < -0.4 is 0 Å². The van der Waals surface area contributed by atoms with Gasteiger partial charge in [-0.3, -0.25) is 4.79 Å². The molecule has 1 aromatic carbocycles. The fourth-order valence-electron chi connectivity index (χ4n) is 1.32. The molecule has 0 radical (unpaired) electrons. The van der Waals surface area contributed by atoms with E-state index < -0.39 is 0 Å². The molecule has 0 saturated carbocycles. The van der Waals surface area contributed by atoms with Gasteiger partial charge in [0.05, 0.1) is 25.2 Å². The molecule has 106 valence electrons. The normalized spacial score (nSPS) is 12.1. The van der Waals surface area contributed by atoms with Crippen molar-refractivity contribution in [2.45, 2.75) is 26.1 Å². The monoisotopic (exact) mass is 286 g/mol. The van der Waals surface area contributed by atoms with Crippen molar-refractivity contribution in [2.24, 2.45) is 0 Å². The second-order valence-electron chi connectivity index (χ2n) is 3.93. The molecule has 0 amide bonds. The predicted octanol–water partition coefficient (Wildman–Crippen LogP) is 2.74. The van der Waals surface area contributed by atoms with E-state index >= 15 is 0 Å². The van der Waals surface area contributed by atoms with Crippen molar-refractivity contribution in [2.75, 3.05) is 19.3 Å². The fourth-order valence-corrected chi connectivity index (χ4v) is 1.50. The molecule has 0 fully saturated rings. The summed E-state index contributed by atoms with van der Waals surface area (Å²) in [6, 6.07) is 9.84. The number of hydrogen-bond donors (Lipinski definition) is 0. The Balaban J connectivity index is 2.16. The van der Waals surface area contributed by atoms with Gasteiger partial charge in [0.1, 0.15) is 0 Å². The van der Waals surface area contributed by atoms with Crippen LogP contribution in [0.25, 0.3) is 0 Å². The maximum atomic E-state index is 10.9. The lowest BCUT2D eigenvalue weighted by Crippen LogP contribution is -2.24. The van der Waals surface area contributed by atoms with E-state index in [0.29, 0.717) is 25.5 Å². The third kappa shape index (κ3) is 7.15. The Hall–Kier alpha value is -1.10. The molecule has 1 rings (SSSR count). The number of hydrogen-bond acceptors (Lipinski definition) is 4. The second-order valence-corrected chi connectivity index (χ2v) is 4.24. The van der Waals surface area contributed by atoms with Gasteiger partial charge in [0, 0.05) is 6.42 Å². The first-order valence-electron chi connectivity index (χ1n) is 6.21. The highest BCUT2D eigenvalue weighted by Gasteiger charge is 2.09. The van der Waals surface area contributed by atoms with Crippen molar-refractivity contribution >= 4 is 17.6 Å². The average Bonchev–Trinajstić information content (AvgIpc) is 2.46. The summed E-state index contributed by atoms with van der Waals surface area (Å²) in [5.41, 5.74) is 1.09. The van der Waals surface area contributed by atoms with E-state index in [-0.39, 0.29) is 18.9 Å². The first-order chi connectivity index (χ1) is 9.26. The molecule has 0 saturated heterocycles. The van der Waals surface area contributed by atoms with Crippen LogP contribution in [-0.2, 0) is 25.6 Å². The number of ether oxygens (including phenoxy) is 3. The van der Waals surface area contributed by atoms with Gasteiger partial charge in [-0.2, -0.15) is 0 Å². The van der Waals surface area contributed by atoms with Crippen LogP contribution in [-0.4, -0.2) is 31.4 Å². The van der Waals surface area contributed by atoms with Gasteiger partial charge in [0.2, 0.25) is 0 Å².